The smallest absolute Gasteiger partial charge is 0.185 e. The largest absolute Gasteiger partial charge is 0.384 e. The van der Waals surface area contributed by atoms with Gasteiger partial charge in [-0.05, 0) is 6.92 Å². The topological polar surface area (TPSA) is 55.8 Å². The molecule has 0 saturated carbocycles. The molecule has 0 aliphatic rings. The first-order valence-electron chi connectivity index (χ1n) is 3.30. The third-order valence-electron chi connectivity index (χ3n) is 1.43. The molecule has 0 aliphatic carbocycles. The van der Waals surface area contributed by atoms with Gasteiger partial charge in [0.05, 0.1) is 0 Å². The molecule has 0 aromatic carbocycles. The van der Waals surface area contributed by atoms with Crippen LogP contribution >= 0.6 is 0 Å². The van der Waals surface area contributed by atoms with Gasteiger partial charge < -0.3 is 19.4 Å². The Morgan fingerprint density at radius 3 is 2.27 bits per heavy atom. The van der Waals surface area contributed by atoms with Crippen LogP contribution in [0.15, 0.2) is 0 Å². The molecule has 0 aromatic heterocycles. The highest BCUT2D eigenvalue weighted by atomic mass is 16.7. The maximum atomic E-state index is 10.1. The Morgan fingerprint density at radius 1 is 1.55 bits per heavy atom. The van der Waals surface area contributed by atoms with Crippen molar-refractivity contribution >= 4 is 6.29 Å². The van der Waals surface area contributed by atoms with Crippen LogP contribution in [0.25, 0.3) is 0 Å². The minimum Gasteiger partial charge on any atom is -0.384 e. The SMILES string of the molecule is COC(OC)C(C)(O)CC=O. The number of carbonyl (C=O) groups is 1. The molecule has 11 heavy (non-hydrogen) atoms. The monoisotopic (exact) mass is 162 g/mol. The zero-order valence-corrected chi connectivity index (χ0v) is 7.03. The molecule has 0 amide bonds. The molecule has 0 spiro atoms. The molecule has 4 heteroatoms. The van der Waals surface area contributed by atoms with E-state index in [0.717, 1.165) is 0 Å². The minimum absolute atomic E-state index is 0.000648. The molecule has 1 N–H and O–H groups in total. The third kappa shape index (κ3) is 2.96. The first-order valence-corrected chi connectivity index (χ1v) is 3.30. The number of carbonyl (C=O) groups excluding carboxylic acids is 1. The van der Waals surface area contributed by atoms with Crippen LogP contribution in [-0.2, 0) is 14.3 Å². The van der Waals surface area contributed by atoms with Gasteiger partial charge in [0.15, 0.2) is 6.29 Å². The second kappa shape index (κ2) is 4.43. The molecule has 1 atom stereocenters. The Bertz CT molecular complexity index is 118. The van der Waals surface area contributed by atoms with Crippen molar-refractivity contribution in [2.75, 3.05) is 14.2 Å². The first-order chi connectivity index (χ1) is 5.08. The lowest BCUT2D eigenvalue weighted by Crippen LogP contribution is -2.42. The summed E-state index contributed by atoms with van der Waals surface area (Å²) in [5, 5.41) is 9.49. The van der Waals surface area contributed by atoms with Gasteiger partial charge >= 0.3 is 0 Å². The highest BCUT2D eigenvalue weighted by Crippen LogP contribution is 2.16. The molecule has 0 rings (SSSR count). The molecule has 0 bridgehead atoms. The zero-order chi connectivity index (χ0) is 8.91. The summed E-state index contributed by atoms with van der Waals surface area (Å²) in [7, 11) is 2.82. The van der Waals surface area contributed by atoms with E-state index in [1.165, 1.54) is 21.1 Å². The van der Waals surface area contributed by atoms with E-state index in [9.17, 15) is 9.90 Å². The predicted octanol–water partition coefficient (Wildman–Crippen LogP) is -0.0547. The Morgan fingerprint density at radius 2 is 2.00 bits per heavy atom. The highest BCUT2D eigenvalue weighted by molar-refractivity contribution is 5.51. The maximum Gasteiger partial charge on any atom is 0.185 e. The van der Waals surface area contributed by atoms with E-state index in [1.54, 1.807) is 0 Å². The van der Waals surface area contributed by atoms with E-state index in [4.69, 9.17) is 9.47 Å². The van der Waals surface area contributed by atoms with Crippen LogP contribution in [0.3, 0.4) is 0 Å². The van der Waals surface area contributed by atoms with Gasteiger partial charge in [-0.2, -0.15) is 0 Å². The number of hydrogen-bond donors (Lipinski definition) is 1. The van der Waals surface area contributed by atoms with E-state index >= 15 is 0 Å². The van der Waals surface area contributed by atoms with Crippen LogP contribution in [0.2, 0.25) is 0 Å². The summed E-state index contributed by atoms with van der Waals surface area (Å²) in [6.45, 7) is 1.49. The van der Waals surface area contributed by atoms with Gasteiger partial charge in [0.1, 0.15) is 11.9 Å². The summed E-state index contributed by atoms with van der Waals surface area (Å²) in [5.41, 5.74) is -1.24. The molecule has 0 saturated heterocycles. The van der Waals surface area contributed by atoms with Crippen molar-refractivity contribution in [1.82, 2.24) is 0 Å². The van der Waals surface area contributed by atoms with Crippen molar-refractivity contribution in [3.05, 3.63) is 0 Å². The van der Waals surface area contributed by atoms with Crippen molar-refractivity contribution in [2.45, 2.75) is 25.2 Å². The van der Waals surface area contributed by atoms with Crippen molar-refractivity contribution in [2.24, 2.45) is 0 Å². The number of aliphatic hydroxyl groups is 1. The lowest BCUT2D eigenvalue weighted by atomic mass is 10.0. The van der Waals surface area contributed by atoms with Crippen LogP contribution in [0.1, 0.15) is 13.3 Å². The van der Waals surface area contributed by atoms with Crippen molar-refractivity contribution < 1.29 is 19.4 Å². The molecule has 0 radical (unpaired) electrons. The van der Waals surface area contributed by atoms with Crippen LogP contribution in [0.5, 0.6) is 0 Å². The first kappa shape index (κ1) is 10.6. The number of rotatable bonds is 5. The van der Waals surface area contributed by atoms with Gasteiger partial charge in [-0.3, -0.25) is 0 Å². The van der Waals surface area contributed by atoms with Gasteiger partial charge in [0.25, 0.3) is 0 Å². The summed E-state index contributed by atoms with van der Waals surface area (Å²) in [4.78, 5) is 10.1. The standard InChI is InChI=1S/C7H14O4/c1-7(9,4-5-8)6(10-2)11-3/h5-6,9H,4H2,1-3H3. The second-order valence-electron chi connectivity index (χ2n) is 2.53. The second-order valence-corrected chi connectivity index (χ2v) is 2.53. The summed E-state index contributed by atoms with van der Waals surface area (Å²) in [6, 6.07) is 0. The average molecular weight is 162 g/mol. The minimum atomic E-state index is -1.24. The molecule has 0 aliphatic heterocycles. The van der Waals surface area contributed by atoms with Crippen molar-refractivity contribution in [1.29, 1.82) is 0 Å². The Balaban J connectivity index is 4.10. The quantitative estimate of drug-likeness (QED) is 0.454. The molecule has 0 aromatic rings. The summed E-state index contributed by atoms with van der Waals surface area (Å²) in [5.74, 6) is 0. The zero-order valence-electron chi connectivity index (χ0n) is 7.03. The van der Waals surface area contributed by atoms with Crippen molar-refractivity contribution in [3.63, 3.8) is 0 Å². The van der Waals surface area contributed by atoms with E-state index in [1.807, 2.05) is 0 Å². The van der Waals surface area contributed by atoms with Gasteiger partial charge in [0, 0.05) is 20.6 Å². The average Bonchev–Trinajstić information content (AvgIpc) is 1.89. The van der Waals surface area contributed by atoms with Crippen LogP contribution < -0.4 is 0 Å². The Kier molecular flexibility index (Phi) is 4.25. The van der Waals surface area contributed by atoms with Gasteiger partial charge in [-0.1, -0.05) is 0 Å². The van der Waals surface area contributed by atoms with Crippen LogP contribution in [0, 0.1) is 0 Å². The van der Waals surface area contributed by atoms with Crippen LogP contribution in [0.4, 0.5) is 0 Å². The van der Waals surface area contributed by atoms with Gasteiger partial charge in [-0.25, -0.2) is 0 Å². The van der Waals surface area contributed by atoms with E-state index in [-0.39, 0.29) is 6.42 Å². The fourth-order valence-electron chi connectivity index (χ4n) is 0.869. The van der Waals surface area contributed by atoms with Gasteiger partial charge in [0.2, 0.25) is 0 Å². The highest BCUT2D eigenvalue weighted by Gasteiger charge is 2.31. The van der Waals surface area contributed by atoms with Gasteiger partial charge in [-0.15, -0.1) is 0 Å². The molecular weight excluding hydrogens is 148 g/mol. The normalized spacial score (nSPS) is 16.5. The van der Waals surface area contributed by atoms with E-state index < -0.39 is 11.9 Å². The number of ether oxygens (including phenoxy) is 2. The Labute approximate surface area is 66.1 Å². The Hall–Kier alpha value is -0.450. The molecule has 0 fully saturated rings. The number of methoxy groups -OCH3 is 2. The maximum absolute atomic E-state index is 10.1. The van der Waals surface area contributed by atoms with E-state index in [2.05, 4.69) is 0 Å². The summed E-state index contributed by atoms with van der Waals surface area (Å²) < 4.78 is 9.57. The van der Waals surface area contributed by atoms with Crippen molar-refractivity contribution in [3.8, 4) is 0 Å². The fourth-order valence-corrected chi connectivity index (χ4v) is 0.869. The molecule has 4 nitrogen and oxygen atoms in total. The molecular formula is C7H14O4. The van der Waals surface area contributed by atoms with Crippen LogP contribution in [-0.4, -0.2) is 37.5 Å². The molecule has 66 valence electrons. The lowest BCUT2D eigenvalue weighted by molar-refractivity contribution is -0.208. The predicted molar refractivity (Wildman–Crippen MR) is 39.1 cm³/mol. The lowest BCUT2D eigenvalue weighted by Gasteiger charge is -2.28. The fraction of sp³-hybridized carbons (Fsp3) is 0.857. The summed E-state index contributed by atoms with van der Waals surface area (Å²) >= 11 is 0. The van der Waals surface area contributed by atoms with E-state index in [0.29, 0.717) is 6.29 Å². The molecule has 1 unspecified atom stereocenters. The number of hydrogen-bond acceptors (Lipinski definition) is 4. The summed E-state index contributed by atoms with van der Waals surface area (Å²) in [6.07, 6.45) is -0.127. The third-order valence-corrected chi connectivity index (χ3v) is 1.43. The molecule has 0 heterocycles. The number of aldehydes is 1.